The Hall–Kier alpha value is -1.95. The van der Waals surface area contributed by atoms with Gasteiger partial charge in [-0.2, -0.15) is 0 Å². The molecular weight excluding hydrogens is 274 g/mol. The molecule has 1 heterocycles. The fourth-order valence-electron chi connectivity index (χ4n) is 2.31. The topological polar surface area (TPSA) is 66.0 Å². The summed E-state index contributed by atoms with van der Waals surface area (Å²) in [6.07, 6.45) is 2.11. The van der Waals surface area contributed by atoms with Crippen LogP contribution in [0, 0.1) is 0 Å². The Morgan fingerprint density at radius 3 is 2.43 bits per heavy atom. The van der Waals surface area contributed by atoms with Crippen molar-refractivity contribution in [3.8, 4) is 17.2 Å². The summed E-state index contributed by atoms with van der Waals surface area (Å²) < 4.78 is 21.2. The van der Waals surface area contributed by atoms with Gasteiger partial charge in [0.05, 0.1) is 33.0 Å². The number of hydrogen-bond acceptors (Lipinski definition) is 5. The van der Waals surface area contributed by atoms with E-state index < -0.39 is 0 Å². The number of amides is 1. The van der Waals surface area contributed by atoms with Crippen LogP contribution in [-0.2, 0) is 4.74 Å². The minimum Gasteiger partial charge on any atom is -0.496 e. The highest BCUT2D eigenvalue weighted by Gasteiger charge is 2.20. The molecule has 1 amide bonds. The number of methoxy groups -OCH3 is 3. The van der Waals surface area contributed by atoms with Gasteiger partial charge in [-0.1, -0.05) is 0 Å². The molecule has 1 fully saturated rings. The molecular formula is C15H21NO5. The number of nitrogens with one attached hydrogen (secondary N) is 1. The van der Waals surface area contributed by atoms with E-state index >= 15 is 0 Å². The minimum absolute atomic E-state index is 0.0973. The van der Waals surface area contributed by atoms with Crippen molar-refractivity contribution in [3.63, 3.8) is 0 Å². The van der Waals surface area contributed by atoms with Gasteiger partial charge in [-0.15, -0.1) is 0 Å². The third-order valence-corrected chi connectivity index (χ3v) is 3.46. The summed E-state index contributed by atoms with van der Waals surface area (Å²) in [7, 11) is 4.57. The lowest BCUT2D eigenvalue weighted by molar-refractivity contribution is 0.0855. The van der Waals surface area contributed by atoms with E-state index in [1.165, 1.54) is 21.3 Å². The third-order valence-electron chi connectivity index (χ3n) is 3.46. The Kier molecular flexibility index (Phi) is 5.27. The number of carbonyl (C=O) groups excluding carboxylic acids is 1. The van der Waals surface area contributed by atoms with Gasteiger partial charge in [-0.25, -0.2) is 0 Å². The zero-order valence-electron chi connectivity index (χ0n) is 12.6. The highest BCUT2D eigenvalue weighted by atomic mass is 16.5. The van der Waals surface area contributed by atoms with Gasteiger partial charge in [0, 0.05) is 25.3 Å². The van der Waals surface area contributed by atoms with Crippen LogP contribution in [0.4, 0.5) is 0 Å². The minimum atomic E-state index is -0.219. The monoisotopic (exact) mass is 295 g/mol. The molecule has 0 bridgehead atoms. The first-order valence-electron chi connectivity index (χ1n) is 6.89. The largest absolute Gasteiger partial charge is 0.496 e. The van der Waals surface area contributed by atoms with Crippen molar-refractivity contribution in [3.05, 3.63) is 17.7 Å². The Bertz CT molecular complexity index is 497. The molecule has 21 heavy (non-hydrogen) atoms. The zero-order valence-corrected chi connectivity index (χ0v) is 12.6. The van der Waals surface area contributed by atoms with Crippen LogP contribution < -0.4 is 19.5 Å². The maximum absolute atomic E-state index is 12.3. The van der Waals surface area contributed by atoms with Crippen LogP contribution in [0.5, 0.6) is 17.2 Å². The van der Waals surface area contributed by atoms with Crippen LogP contribution in [0.2, 0.25) is 0 Å². The molecule has 1 aliphatic heterocycles. The van der Waals surface area contributed by atoms with Gasteiger partial charge in [0.1, 0.15) is 5.75 Å². The standard InChI is InChI=1S/C15H21NO5/c1-18-12-8-14(20-3)13(19-2)7-11(12)15(17)16-9-10-5-4-6-21-10/h7-8,10H,4-6,9H2,1-3H3,(H,16,17)/t10-/m1/s1. The summed E-state index contributed by atoms with van der Waals surface area (Å²) in [5.41, 5.74) is 0.410. The van der Waals surface area contributed by atoms with Gasteiger partial charge >= 0.3 is 0 Å². The molecule has 0 saturated carbocycles. The van der Waals surface area contributed by atoms with E-state index in [1.54, 1.807) is 12.1 Å². The predicted molar refractivity (Wildman–Crippen MR) is 77.4 cm³/mol. The van der Waals surface area contributed by atoms with Crippen LogP contribution in [0.25, 0.3) is 0 Å². The van der Waals surface area contributed by atoms with Crippen molar-refractivity contribution in [2.75, 3.05) is 34.5 Å². The predicted octanol–water partition coefficient (Wildman–Crippen LogP) is 1.62. The van der Waals surface area contributed by atoms with Gasteiger partial charge < -0.3 is 24.3 Å². The molecule has 0 spiro atoms. The molecule has 2 rings (SSSR count). The van der Waals surface area contributed by atoms with E-state index in [-0.39, 0.29) is 12.0 Å². The second-order valence-corrected chi connectivity index (χ2v) is 4.75. The molecule has 1 saturated heterocycles. The first-order valence-corrected chi connectivity index (χ1v) is 6.89. The molecule has 1 aromatic carbocycles. The maximum Gasteiger partial charge on any atom is 0.255 e. The van der Waals surface area contributed by atoms with E-state index in [0.717, 1.165) is 19.4 Å². The summed E-state index contributed by atoms with van der Waals surface area (Å²) in [4.78, 5) is 12.3. The smallest absolute Gasteiger partial charge is 0.255 e. The number of ether oxygens (including phenoxy) is 4. The van der Waals surface area contributed by atoms with Gasteiger partial charge in [-0.05, 0) is 12.8 Å². The van der Waals surface area contributed by atoms with Crippen molar-refractivity contribution >= 4 is 5.91 Å². The first-order chi connectivity index (χ1) is 10.2. The average molecular weight is 295 g/mol. The quantitative estimate of drug-likeness (QED) is 0.864. The van der Waals surface area contributed by atoms with Crippen molar-refractivity contribution in [2.45, 2.75) is 18.9 Å². The third kappa shape index (κ3) is 3.58. The summed E-state index contributed by atoms with van der Waals surface area (Å²) in [6, 6.07) is 3.25. The Labute approximate surface area is 124 Å². The number of benzene rings is 1. The van der Waals surface area contributed by atoms with Gasteiger partial charge in [-0.3, -0.25) is 4.79 Å². The average Bonchev–Trinajstić information content (AvgIpc) is 3.04. The van der Waals surface area contributed by atoms with Gasteiger partial charge in [0.25, 0.3) is 5.91 Å². The van der Waals surface area contributed by atoms with Crippen molar-refractivity contribution < 1.29 is 23.7 Å². The Morgan fingerprint density at radius 2 is 1.86 bits per heavy atom. The lowest BCUT2D eigenvalue weighted by Gasteiger charge is -2.15. The molecule has 0 aliphatic carbocycles. The van der Waals surface area contributed by atoms with Crippen LogP contribution in [0.15, 0.2) is 12.1 Å². The molecule has 6 heteroatoms. The highest BCUT2D eigenvalue weighted by molar-refractivity contribution is 5.97. The molecule has 1 atom stereocenters. The van der Waals surface area contributed by atoms with Crippen LogP contribution >= 0.6 is 0 Å². The summed E-state index contributed by atoms with van der Waals surface area (Å²) >= 11 is 0. The molecule has 1 aliphatic rings. The van der Waals surface area contributed by atoms with Crippen molar-refractivity contribution in [1.82, 2.24) is 5.32 Å². The normalized spacial score (nSPS) is 17.4. The number of hydrogen-bond donors (Lipinski definition) is 1. The van der Waals surface area contributed by atoms with Crippen LogP contribution in [0.1, 0.15) is 23.2 Å². The Balaban J connectivity index is 2.14. The maximum atomic E-state index is 12.3. The second kappa shape index (κ2) is 7.17. The van der Waals surface area contributed by atoms with Crippen LogP contribution in [0.3, 0.4) is 0 Å². The zero-order chi connectivity index (χ0) is 15.2. The van der Waals surface area contributed by atoms with E-state index in [1.807, 2.05) is 0 Å². The SMILES string of the molecule is COc1cc(OC)c(C(=O)NC[C@H]2CCCO2)cc1OC. The number of rotatable bonds is 6. The van der Waals surface area contributed by atoms with Gasteiger partial charge in [0.15, 0.2) is 11.5 Å². The van der Waals surface area contributed by atoms with E-state index in [0.29, 0.717) is 29.4 Å². The Morgan fingerprint density at radius 1 is 1.19 bits per heavy atom. The van der Waals surface area contributed by atoms with E-state index in [9.17, 15) is 4.79 Å². The highest BCUT2D eigenvalue weighted by Crippen LogP contribution is 2.34. The second-order valence-electron chi connectivity index (χ2n) is 4.75. The summed E-state index contributed by atoms with van der Waals surface area (Å²) in [5, 5.41) is 2.86. The molecule has 0 aromatic heterocycles. The lowest BCUT2D eigenvalue weighted by atomic mass is 10.1. The molecule has 1 N–H and O–H groups in total. The van der Waals surface area contributed by atoms with E-state index in [2.05, 4.69) is 5.32 Å². The number of carbonyl (C=O) groups is 1. The fourth-order valence-corrected chi connectivity index (χ4v) is 2.31. The summed E-state index contributed by atoms with van der Waals surface area (Å²) in [6.45, 7) is 1.26. The molecule has 0 unspecified atom stereocenters. The molecule has 116 valence electrons. The fraction of sp³-hybridized carbons (Fsp3) is 0.533. The van der Waals surface area contributed by atoms with Crippen molar-refractivity contribution in [1.29, 1.82) is 0 Å². The molecule has 1 aromatic rings. The van der Waals surface area contributed by atoms with Crippen LogP contribution in [-0.4, -0.2) is 46.5 Å². The lowest BCUT2D eigenvalue weighted by Crippen LogP contribution is -2.32. The summed E-state index contributed by atoms with van der Waals surface area (Å²) in [5.74, 6) is 1.23. The van der Waals surface area contributed by atoms with Gasteiger partial charge in [0.2, 0.25) is 0 Å². The molecule has 0 radical (unpaired) electrons. The van der Waals surface area contributed by atoms with Crippen molar-refractivity contribution in [2.24, 2.45) is 0 Å². The van der Waals surface area contributed by atoms with E-state index in [4.69, 9.17) is 18.9 Å². The molecule has 6 nitrogen and oxygen atoms in total. The first kappa shape index (κ1) is 15.4.